The van der Waals surface area contributed by atoms with Gasteiger partial charge in [-0.3, -0.25) is 9.59 Å². The highest BCUT2D eigenvalue weighted by Crippen LogP contribution is 2.33. The number of piperidine rings is 2. The topological polar surface area (TPSA) is 75.7 Å². The standard InChI is InChI=1S/C26H30N2O4/c1-17-14-22(29)26-25(31-17)20(24(32-26)18-8-3-2-4-9-18)15-23(30)27-16-19-10-7-13-28-12-6-5-11-21(19)28/h2-4,8-9,14,19,21H,5-7,10-13,15-16H2,1H3,(H,27,30)/t19-,21+/m0/s1. The van der Waals surface area contributed by atoms with Crippen LogP contribution in [0.4, 0.5) is 0 Å². The summed E-state index contributed by atoms with van der Waals surface area (Å²) in [6, 6.07) is 11.6. The van der Waals surface area contributed by atoms with E-state index < -0.39 is 0 Å². The quantitative estimate of drug-likeness (QED) is 0.649. The molecule has 2 fully saturated rings. The number of fused-ring (bicyclic) bond motifs is 2. The molecule has 5 rings (SSSR count). The Hall–Kier alpha value is -2.86. The molecule has 3 aromatic rings. The van der Waals surface area contributed by atoms with Crippen molar-refractivity contribution >= 4 is 17.1 Å². The lowest BCUT2D eigenvalue weighted by atomic mass is 9.83. The van der Waals surface area contributed by atoms with Crippen LogP contribution in [-0.4, -0.2) is 36.5 Å². The summed E-state index contributed by atoms with van der Waals surface area (Å²) < 4.78 is 11.8. The highest BCUT2D eigenvalue weighted by molar-refractivity contribution is 5.89. The summed E-state index contributed by atoms with van der Waals surface area (Å²) in [5.74, 6) is 1.47. The number of nitrogens with one attached hydrogen (secondary N) is 1. The zero-order valence-corrected chi connectivity index (χ0v) is 18.6. The Kier molecular flexibility index (Phi) is 5.87. The van der Waals surface area contributed by atoms with Gasteiger partial charge < -0.3 is 19.1 Å². The van der Waals surface area contributed by atoms with E-state index in [4.69, 9.17) is 8.83 Å². The third kappa shape index (κ3) is 4.11. The molecule has 0 unspecified atom stereocenters. The maximum absolute atomic E-state index is 13.0. The van der Waals surface area contributed by atoms with E-state index >= 15 is 0 Å². The number of furan rings is 1. The first-order valence-corrected chi connectivity index (χ1v) is 11.7. The van der Waals surface area contributed by atoms with Gasteiger partial charge in [0.15, 0.2) is 5.58 Å². The van der Waals surface area contributed by atoms with Gasteiger partial charge in [0.2, 0.25) is 16.9 Å². The molecule has 0 bridgehead atoms. The van der Waals surface area contributed by atoms with Crippen molar-refractivity contribution in [3.05, 3.63) is 57.9 Å². The summed E-state index contributed by atoms with van der Waals surface area (Å²) in [4.78, 5) is 28.1. The first kappa shape index (κ1) is 21.0. The number of rotatable bonds is 5. The van der Waals surface area contributed by atoms with Crippen molar-refractivity contribution in [3.8, 4) is 11.3 Å². The minimum absolute atomic E-state index is 0.0676. The van der Waals surface area contributed by atoms with Crippen LogP contribution >= 0.6 is 0 Å². The molecule has 4 heterocycles. The van der Waals surface area contributed by atoms with E-state index in [1.807, 2.05) is 30.3 Å². The van der Waals surface area contributed by atoms with Gasteiger partial charge in [-0.2, -0.15) is 0 Å². The molecule has 2 aromatic heterocycles. The summed E-state index contributed by atoms with van der Waals surface area (Å²) in [5.41, 5.74) is 1.77. The molecule has 6 nitrogen and oxygen atoms in total. The normalized spacial score (nSPS) is 21.4. The van der Waals surface area contributed by atoms with Crippen LogP contribution in [0.15, 0.2) is 50.0 Å². The minimum atomic E-state index is -0.229. The average molecular weight is 435 g/mol. The summed E-state index contributed by atoms with van der Waals surface area (Å²) in [5, 5.41) is 3.17. The van der Waals surface area contributed by atoms with E-state index in [2.05, 4.69) is 10.2 Å². The van der Waals surface area contributed by atoms with Crippen molar-refractivity contribution in [3.63, 3.8) is 0 Å². The summed E-state index contributed by atoms with van der Waals surface area (Å²) in [6.45, 7) is 4.81. The van der Waals surface area contributed by atoms with E-state index in [0.29, 0.717) is 41.2 Å². The molecule has 0 aliphatic carbocycles. The molecule has 2 aliphatic heterocycles. The highest BCUT2D eigenvalue weighted by atomic mass is 16.4. The molecule has 0 saturated carbocycles. The minimum Gasteiger partial charge on any atom is -0.457 e. The van der Waals surface area contributed by atoms with Gasteiger partial charge in [-0.25, -0.2) is 0 Å². The zero-order chi connectivity index (χ0) is 22.1. The molecule has 0 spiro atoms. The molecule has 32 heavy (non-hydrogen) atoms. The van der Waals surface area contributed by atoms with E-state index in [9.17, 15) is 9.59 Å². The number of aryl methyl sites for hydroxylation is 1. The Bertz CT molecular complexity index is 1160. The van der Waals surface area contributed by atoms with Gasteiger partial charge in [-0.05, 0) is 51.6 Å². The van der Waals surface area contributed by atoms with Crippen molar-refractivity contribution in [1.29, 1.82) is 0 Å². The van der Waals surface area contributed by atoms with Gasteiger partial charge in [0.05, 0.1) is 12.0 Å². The van der Waals surface area contributed by atoms with Crippen LogP contribution in [0.25, 0.3) is 22.5 Å². The fourth-order valence-corrected chi connectivity index (χ4v) is 5.43. The third-order valence-electron chi connectivity index (χ3n) is 6.94. The number of carbonyl (C=O) groups excluding carboxylic acids is 1. The molecule has 2 saturated heterocycles. The fourth-order valence-electron chi connectivity index (χ4n) is 5.43. The molecule has 1 aromatic carbocycles. The second kappa shape index (κ2) is 8.94. The average Bonchev–Trinajstić information content (AvgIpc) is 3.16. The number of amides is 1. The van der Waals surface area contributed by atoms with Gasteiger partial charge in [0.25, 0.3) is 0 Å². The van der Waals surface area contributed by atoms with Crippen LogP contribution in [0, 0.1) is 12.8 Å². The van der Waals surface area contributed by atoms with Gasteiger partial charge in [0.1, 0.15) is 11.5 Å². The SMILES string of the molecule is Cc1cc(=O)c2oc(-c3ccccc3)c(CC(=O)NC[C@@H]3CCCN4CCCC[C@H]34)c2o1. The largest absolute Gasteiger partial charge is 0.457 e. The molecule has 1 amide bonds. The molecule has 2 atom stereocenters. The molecular weight excluding hydrogens is 404 g/mol. The van der Waals surface area contributed by atoms with Crippen LogP contribution in [0.2, 0.25) is 0 Å². The molecular formula is C26H30N2O4. The Morgan fingerprint density at radius 2 is 1.88 bits per heavy atom. The smallest absolute Gasteiger partial charge is 0.228 e. The van der Waals surface area contributed by atoms with Crippen LogP contribution in [-0.2, 0) is 11.2 Å². The Balaban J connectivity index is 1.38. The molecule has 168 valence electrons. The van der Waals surface area contributed by atoms with Crippen molar-refractivity contribution < 1.29 is 13.6 Å². The second-order valence-electron chi connectivity index (χ2n) is 9.14. The van der Waals surface area contributed by atoms with E-state index in [1.54, 1.807) is 6.92 Å². The first-order valence-electron chi connectivity index (χ1n) is 11.7. The molecule has 0 radical (unpaired) electrons. The van der Waals surface area contributed by atoms with Crippen LogP contribution < -0.4 is 10.7 Å². The molecule has 1 N–H and O–H groups in total. The van der Waals surface area contributed by atoms with E-state index in [0.717, 1.165) is 5.56 Å². The Labute approximate surface area is 187 Å². The van der Waals surface area contributed by atoms with Gasteiger partial charge in [-0.15, -0.1) is 0 Å². The summed E-state index contributed by atoms with van der Waals surface area (Å²) in [7, 11) is 0. The van der Waals surface area contributed by atoms with Crippen molar-refractivity contribution in [2.24, 2.45) is 5.92 Å². The number of benzene rings is 1. The monoisotopic (exact) mass is 434 g/mol. The second-order valence-corrected chi connectivity index (χ2v) is 9.14. The Morgan fingerprint density at radius 3 is 2.72 bits per heavy atom. The predicted molar refractivity (Wildman–Crippen MR) is 124 cm³/mol. The van der Waals surface area contributed by atoms with Crippen LogP contribution in [0.5, 0.6) is 0 Å². The van der Waals surface area contributed by atoms with E-state index in [-0.39, 0.29) is 23.3 Å². The third-order valence-corrected chi connectivity index (χ3v) is 6.94. The van der Waals surface area contributed by atoms with E-state index in [1.165, 1.54) is 51.3 Å². The van der Waals surface area contributed by atoms with Gasteiger partial charge >= 0.3 is 0 Å². The van der Waals surface area contributed by atoms with Gasteiger partial charge in [-0.1, -0.05) is 36.8 Å². The van der Waals surface area contributed by atoms with Crippen molar-refractivity contribution in [1.82, 2.24) is 10.2 Å². The lowest BCUT2D eigenvalue weighted by molar-refractivity contribution is -0.120. The summed E-state index contributed by atoms with van der Waals surface area (Å²) >= 11 is 0. The van der Waals surface area contributed by atoms with Crippen LogP contribution in [0.3, 0.4) is 0 Å². The number of hydrogen-bond acceptors (Lipinski definition) is 5. The maximum Gasteiger partial charge on any atom is 0.228 e. The van der Waals surface area contributed by atoms with Crippen molar-refractivity contribution in [2.75, 3.05) is 19.6 Å². The lowest BCUT2D eigenvalue weighted by Crippen LogP contribution is -2.51. The van der Waals surface area contributed by atoms with Crippen LogP contribution in [0.1, 0.15) is 43.4 Å². The number of nitrogens with zero attached hydrogens (tertiary/aromatic N) is 1. The first-order chi connectivity index (χ1) is 15.6. The molecule has 2 aliphatic rings. The highest BCUT2D eigenvalue weighted by Gasteiger charge is 2.33. The number of carbonyl (C=O) groups is 1. The van der Waals surface area contributed by atoms with Gasteiger partial charge in [0, 0.05) is 24.2 Å². The lowest BCUT2D eigenvalue weighted by Gasteiger charge is -2.44. The van der Waals surface area contributed by atoms with Crippen molar-refractivity contribution in [2.45, 2.75) is 51.5 Å². The Morgan fingerprint density at radius 1 is 1.06 bits per heavy atom. The molecule has 6 heteroatoms. The summed E-state index contributed by atoms with van der Waals surface area (Å²) in [6.07, 6.45) is 6.28. The fraction of sp³-hybridized carbons (Fsp3) is 0.462. The predicted octanol–water partition coefficient (Wildman–Crippen LogP) is 4.28. The zero-order valence-electron chi connectivity index (χ0n) is 18.6. The maximum atomic E-state index is 13.0. The number of hydrogen-bond donors (Lipinski definition) is 1.